The fourth-order valence-electron chi connectivity index (χ4n) is 1.33. The van der Waals surface area contributed by atoms with Gasteiger partial charge in [-0.05, 0) is 6.07 Å². The molecule has 3 N–H and O–H groups in total. The van der Waals surface area contributed by atoms with E-state index in [1.54, 1.807) is 0 Å². The van der Waals surface area contributed by atoms with Crippen LogP contribution in [0, 0.1) is 5.82 Å². The van der Waals surface area contributed by atoms with Crippen molar-refractivity contribution >= 4 is 11.7 Å². The second-order valence-electron chi connectivity index (χ2n) is 3.58. The smallest absolute Gasteiger partial charge is 0.254 e. The van der Waals surface area contributed by atoms with Crippen molar-refractivity contribution in [2.45, 2.75) is 6.10 Å². The van der Waals surface area contributed by atoms with E-state index in [9.17, 15) is 9.18 Å². The number of halogens is 1. The molecule has 0 aliphatic rings. The zero-order valence-electron chi connectivity index (χ0n) is 10.3. The standard InChI is InChI=1S/C11H16FN3O3/c1-17-6-7(18-2)5-15-11(16)8-3-4-14-10(13)9(8)12/h3-4,7H,5-6H2,1-2H3,(H2,13,14)(H,15,16). The van der Waals surface area contributed by atoms with Crippen LogP contribution in [0.5, 0.6) is 0 Å². The van der Waals surface area contributed by atoms with Gasteiger partial charge >= 0.3 is 0 Å². The Bertz CT molecular complexity index is 415. The van der Waals surface area contributed by atoms with Gasteiger partial charge < -0.3 is 20.5 Å². The zero-order valence-corrected chi connectivity index (χ0v) is 10.3. The number of nitrogens with two attached hydrogens (primary N) is 1. The van der Waals surface area contributed by atoms with E-state index in [-0.39, 0.29) is 24.0 Å². The molecule has 0 radical (unpaired) electrons. The lowest BCUT2D eigenvalue weighted by Crippen LogP contribution is -2.36. The van der Waals surface area contributed by atoms with E-state index in [4.69, 9.17) is 15.2 Å². The molecule has 7 heteroatoms. The van der Waals surface area contributed by atoms with E-state index in [0.717, 1.165) is 0 Å². The molecule has 0 bridgehead atoms. The fraction of sp³-hybridized carbons (Fsp3) is 0.455. The molecule has 0 saturated carbocycles. The van der Waals surface area contributed by atoms with E-state index in [2.05, 4.69) is 10.3 Å². The molecular formula is C11H16FN3O3. The van der Waals surface area contributed by atoms with Gasteiger partial charge in [0.05, 0.1) is 18.3 Å². The molecule has 0 aliphatic carbocycles. The number of ether oxygens (including phenoxy) is 2. The summed E-state index contributed by atoms with van der Waals surface area (Å²) >= 11 is 0. The predicted octanol–water partition coefficient (Wildman–Crippen LogP) is 0.194. The quantitative estimate of drug-likeness (QED) is 0.760. The molecule has 6 nitrogen and oxygen atoms in total. The Hall–Kier alpha value is -1.73. The van der Waals surface area contributed by atoms with Crippen molar-refractivity contribution in [3.05, 3.63) is 23.6 Å². The van der Waals surface area contributed by atoms with Gasteiger partial charge in [-0.3, -0.25) is 4.79 Å². The predicted molar refractivity (Wildman–Crippen MR) is 63.6 cm³/mol. The zero-order chi connectivity index (χ0) is 13.5. The maximum absolute atomic E-state index is 13.5. The van der Waals surface area contributed by atoms with Crippen LogP contribution in [0.15, 0.2) is 12.3 Å². The second kappa shape index (κ2) is 6.87. The monoisotopic (exact) mass is 257 g/mol. The van der Waals surface area contributed by atoms with Gasteiger partial charge in [0.15, 0.2) is 11.6 Å². The van der Waals surface area contributed by atoms with E-state index >= 15 is 0 Å². The van der Waals surface area contributed by atoms with Crippen molar-refractivity contribution in [1.82, 2.24) is 10.3 Å². The number of carbonyl (C=O) groups is 1. The number of amides is 1. The summed E-state index contributed by atoms with van der Waals surface area (Å²) in [4.78, 5) is 15.3. The van der Waals surface area contributed by atoms with Gasteiger partial charge in [-0.25, -0.2) is 9.37 Å². The number of rotatable bonds is 6. The summed E-state index contributed by atoms with van der Waals surface area (Å²) < 4.78 is 23.5. The van der Waals surface area contributed by atoms with Crippen LogP contribution in [-0.4, -0.2) is 44.4 Å². The first-order valence-corrected chi connectivity index (χ1v) is 5.30. The van der Waals surface area contributed by atoms with Gasteiger partial charge in [-0.15, -0.1) is 0 Å². The average Bonchev–Trinajstić information content (AvgIpc) is 2.37. The number of anilines is 1. The second-order valence-corrected chi connectivity index (χ2v) is 3.58. The molecule has 0 aliphatic heterocycles. The Kier molecular flexibility index (Phi) is 5.47. The van der Waals surface area contributed by atoms with Gasteiger partial charge in [-0.1, -0.05) is 0 Å². The third kappa shape index (κ3) is 3.64. The Morgan fingerprint density at radius 3 is 2.94 bits per heavy atom. The summed E-state index contributed by atoms with van der Waals surface area (Å²) in [6.07, 6.45) is 0.984. The number of nitrogens with zero attached hydrogens (tertiary/aromatic N) is 1. The minimum absolute atomic E-state index is 0.144. The van der Waals surface area contributed by atoms with Crippen LogP contribution in [0.4, 0.5) is 10.2 Å². The topological polar surface area (TPSA) is 86.5 Å². The van der Waals surface area contributed by atoms with Crippen molar-refractivity contribution in [2.24, 2.45) is 0 Å². The molecule has 1 unspecified atom stereocenters. The fourth-order valence-corrected chi connectivity index (χ4v) is 1.33. The number of nitrogen functional groups attached to an aromatic ring is 1. The van der Waals surface area contributed by atoms with E-state index in [0.29, 0.717) is 6.61 Å². The first kappa shape index (κ1) is 14.3. The van der Waals surface area contributed by atoms with Gasteiger partial charge in [-0.2, -0.15) is 0 Å². The number of pyridine rings is 1. The van der Waals surface area contributed by atoms with E-state index in [1.165, 1.54) is 26.5 Å². The summed E-state index contributed by atoms with van der Waals surface area (Å²) in [6.45, 7) is 0.544. The molecule has 1 aromatic rings. The Morgan fingerprint density at radius 2 is 2.33 bits per heavy atom. The minimum Gasteiger partial charge on any atom is -0.382 e. The van der Waals surface area contributed by atoms with Crippen LogP contribution < -0.4 is 11.1 Å². The highest BCUT2D eigenvalue weighted by Gasteiger charge is 2.16. The largest absolute Gasteiger partial charge is 0.382 e. The first-order valence-electron chi connectivity index (χ1n) is 5.30. The average molecular weight is 257 g/mol. The lowest BCUT2D eigenvalue weighted by Gasteiger charge is -2.15. The van der Waals surface area contributed by atoms with Gasteiger partial charge in [0.1, 0.15) is 0 Å². The van der Waals surface area contributed by atoms with Crippen LogP contribution >= 0.6 is 0 Å². The summed E-state index contributed by atoms with van der Waals surface area (Å²) in [6, 6.07) is 1.26. The molecule has 1 rings (SSSR count). The molecule has 0 saturated heterocycles. The summed E-state index contributed by atoms with van der Waals surface area (Å²) in [5, 5.41) is 2.54. The lowest BCUT2D eigenvalue weighted by atomic mass is 10.2. The third-order valence-corrected chi connectivity index (χ3v) is 2.34. The molecule has 1 amide bonds. The van der Waals surface area contributed by atoms with Crippen molar-refractivity contribution in [3.8, 4) is 0 Å². The number of hydrogen-bond acceptors (Lipinski definition) is 5. The summed E-state index contributed by atoms with van der Waals surface area (Å²) in [5.41, 5.74) is 5.13. The third-order valence-electron chi connectivity index (χ3n) is 2.34. The van der Waals surface area contributed by atoms with Crippen LogP contribution in [0.1, 0.15) is 10.4 Å². The van der Waals surface area contributed by atoms with Crippen LogP contribution in [0.2, 0.25) is 0 Å². The van der Waals surface area contributed by atoms with Crippen LogP contribution in [0.3, 0.4) is 0 Å². The molecule has 0 spiro atoms. The molecule has 0 fully saturated rings. The number of aromatic nitrogens is 1. The van der Waals surface area contributed by atoms with E-state index < -0.39 is 11.7 Å². The molecule has 100 valence electrons. The highest BCUT2D eigenvalue weighted by Crippen LogP contribution is 2.11. The summed E-state index contributed by atoms with van der Waals surface area (Å²) in [5.74, 6) is -1.70. The van der Waals surface area contributed by atoms with Gasteiger partial charge in [0.2, 0.25) is 0 Å². The summed E-state index contributed by atoms with van der Waals surface area (Å²) in [7, 11) is 3.03. The van der Waals surface area contributed by atoms with Crippen LogP contribution in [-0.2, 0) is 9.47 Å². The van der Waals surface area contributed by atoms with Crippen molar-refractivity contribution in [1.29, 1.82) is 0 Å². The number of nitrogens with one attached hydrogen (secondary N) is 1. The Morgan fingerprint density at radius 1 is 1.61 bits per heavy atom. The van der Waals surface area contributed by atoms with Gasteiger partial charge in [0, 0.05) is 27.0 Å². The molecule has 18 heavy (non-hydrogen) atoms. The molecule has 1 heterocycles. The maximum Gasteiger partial charge on any atom is 0.254 e. The normalized spacial score (nSPS) is 12.2. The SMILES string of the molecule is COCC(CNC(=O)c1ccnc(N)c1F)OC. The van der Waals surface area contributed by atoms with E-state index in [1.807, 2.05) is 0 Å². The molecule has 1 aromatic heterocycles. The number of hydrogen-bond donors (Lipinski definition) is 2. The Labute approximate surface area is 104 Å². The van der Waals surface area contributed by atoms with Crippen molar-refractivity contribution < 1.29 is 18.7 Å². The lowest BCUT2D eigenvalue weighted by molar-refractivity contribution is 0.0285. The molecule has 1 atom stereocenters. The number of carbonyl (C=O) groups excluding carboxylic acids is 1. The van der Waals surface area contributed by atoms with Gasteiger partial charge in [0.25, 0.3) is 5.91 Å². The highest BCUT2D eigenvalue weighted by molar-refractivity contribution is 5.95. The Balaban J connectivity index is 2.62. The first-order chi connectivity index (χ1) is 8.60. The highest BCUT2D eigenvalue weighted by atomic mass is 19.1. The number of methoxy groups -OCH3 is 2. The van der Waals surface area contributed by atoms with Crippen LogP contribution in [0.25, 0.3) is 0 Å². The minimum atomic E-state index is -0.823. The van der Waals surface area contributed by atoms with Crippen molar-refractivity contribution in [3.63, 3.8) is 0 Å². The molecular weight excluding hydrogens is 241 g/mol. The van der Waals surface area contributed by atoms with Crippen molar-refractivity contribution in [2.75, 3.05) is 33.1 Å². The maximum atomic E-state index is 13.5. The molecule has 0 aromatic carbocycles.